The fraction of sp³-hybridized carbons (Fsp3) is 0.267. The van der Waals surface area contributed by atoms with Crippen LogP contribution in [0.3, 0.4) is 0 Å². The van der Waals surface area contributed by atoms with E-state index in [2.05, 4.69) is 22.0 Å². The van der Waals surface area contributed by atoms with Gasteiger partial charge in [-0.05, 0) is 79.3 Å². The largest absolute Gasteiger partial charge is 0.497 e. The number of likely N-dealkylation sites (tertiary alicyclic amines) is 1. The summed E-state index contributed by atoms with van der Waals surface area (Å²) in [7, 11) is 1.66. The Morgan fingerprint density at radius 1 is 0.972 bits per heavy atom. The van der Waals surface area contributed by atoms with Gasteiger partial charge in [0.2, 0.25) is 0 Å². The number of hydrogen-bond donors (Lipinski definition) is 0. The van der Waals surface area contributed by atoms with Crippen LogP contribution < -0.4 is 10.3 Å². The first-order valence-electron chi connectivity index (χ1n) is 12.3. The topological polar surface area (TPSA) is 46.8 Å². The van der Waals surface area contributed by atoms with E-state index in [1.165, 1.54) is 23.3 Å². The molecule has 1 saturated heterocycles. The Kier molecular flexibility index (Phi) is 6.96. The van der Waals surface area contributed by atoms with Gasteiger partial charge in [-0.2, -0.15) is 0 Å². The summed E-state index contributed by atoms with van der Waals surface area (Å²) in [5, 5.41) is 0. The number of ether oxygens (including phenoxy) is 1. The highest BCUT2D eigenvalue weighted by atomic mass is 19.1. The minimum Gasteiger partial charge on any atom is -0.497 e. The summed E-state index contributed by atoms with van der Waals surface area (Å²) in [5.74, 6) is 0.577. The maximum Gasteiger partial charge on any atom is 0.261 e. The number of benzene rings is 2. The Labute approximate surface area is 210 Å². The summed E-state index contributed by atoms with van der Waals surface area (Å²) >= 11 is 0. The van der Waals surface area contributed by atoms with Crippen LogP contribution in [0.5, 0.6) is 5.75 Å². The summed E-state index contributed by atoms with van der Waals surface area (Å²) in [5.41, 5.74) is 6.97. The number of pyridine rings is 1. The Balaban J connectivity index is 1.35. The summed E-state index contributed by atoms with van der Waals surface area (Å²) in [6, 6.07) is 20.4. The van der Waals surface area contributed by atoms with Gasteiger partial charge in [-0.1, -0.05) is 35.9 Å². The van der Waals surface area contributed by atoms with E-state index < -0.39 is 0 Å². The number of nitrogens with zero attached hydrogens (tertiary/aromatic N) is 3. The Morgan fingerprint density at radius 2 is 1.64 bits per heavy atom. The molecule has 3 heterocycles. The molecule has 0 aliphatic carbocycles. The number of methoxy groups -OCH3 is 1. The standard InChI is InChI=1S/C30H30FN3O2/c1-21-27(30(35)34-17-4-3-5-28(34)32-21)16-20-33-18-14-24(15-19-33)29(22-6-10-25(31)11-7-22)23-8-12-26(36-2)13-9-23/h3-13,17H,14-16,18-20H2,1-2H3. The monoisotopic (exact) mass is 483 g/mol. The highest BCUT2D eigenvalue weighted by molar-refractivity contribution is 5.82. The second-order valence-electron chi connectivity index (χ2n) is 9.22. The van der Waals surface area contributed by atoms with Crippen LogP contribution in [0.1, 0.15) is 35.2 Å². The first kappa shape index (κ1) is 23.9. The number of rotatable bonds is 6. The molecule has 184 valence electrons. The van der Waals surface area contributed by atoms with E-state index >= 15 is 0 Å². The number of aromatic nitrogens is 2. The van der Waals surface area contributed by atoms with Gasteiger partial charge >= 0.3 is 0 Å². The van der Waals surface area contributed by atoms with Gasteiger partial charge in [0.25, 0.3) is 5.56 Å². The van der Waals surface area contributed by atoms with Crippen LogP contribution in [0, 0.1) is 12.7 Å². The maximum atomic E-state index is 13.6. The lowest BCUT2D eigenvalue weighted by molar-refractivity contribution is 0.259. The van der Waals surface area contributed by atoms with Crippen LogP contribution in [0.25, 0.3) is 11.2 Å². The molecule has 5 rings (SSSR count). The van der Waals surface area contributed by atoms with E-state index in [0.29, 0.717) is 12.1 Å². The van der Waals surface area contributed by atoms with Gasteiger partial charge < -0.3 is 9.64 Å². The number of hydrogen-bond acceptors (Lipinski definition) is 4. The summed E-state index contributed by atoms with van der Waals surface area (Å²) in [6.07, 6.45) is 4.30. The second kappa shape index (κ2) is 10.5. The Bertz CT molecular complexity index is 1450. The van der Waals surface area contributed by atoms with E-state index in [1.54, 1.807) is 17.7 Å². The van der Waals surface area contributed by atoms with Gasteiger partial charge in [-0.15, -0.1) is 0 Å². The zero-order chi connectivity index (χ0) is 25.1. The molecular formula is C30H30FN3O2. The molecule has 0 radical (unpaired) electrons. The lowest BCUT2D eigenvalue weighted by atomic mass is 9.88. The van der Waals surface area contributed by atoms with Crippen molar-refractivity contribution in [2.75, 3.05) is 26.7 Å². The molecule has 0 spiro atoms. The molecule has 0 amide bonds. The van der Waals surface area contributed by atoms with Crippen LogP contribution in [-0.2, 0) is 6.42 Å². The van der Waals surface area contributed by atoms with Gasteiger partial charge in [-0.25, -0.2) is 9.37 Å². The number of halogens is 1. The third kappa shape index (κ3) is 4.95. The van der Waals surface area contributed by atoms with Gasteiger partial charge in [0.1, 0.15) is 17.2 Å². The highest BCUT2D eigenvalue weighted by Crippen LogP contribution is 2.33. The molecule has 0 saturated carbocycles. The molecule has 0 unspecified atom stereocenters. The van der Waals surface area contributed by atoms with Crippen LogP contribution in [-0.4, -0.2) is 41.0 Å². The fourth-order valence-electron chi connectivity index (χ4n) is 5.04. The lowest BCUT2D eigenvalue weighted by Crippen LogP contribution is -2.34. The van der Waals surface area contributed by atoms with Crippen molar-refractivity contribution in [1.82, 2.24) is 14.3 Å². The van der Waals surface area contributed by atoms with Crippen LogP contribution in [0.4, 0.5) is 4.39 Å². The molecule has 2 aromatic heterocycles. The van der Waals surface area contributed by atoms with Crippen molar-refractivity contribution in [3.05, 3.63) is 117 Å². The molecule has 36 heavy (non-hydrogen) atoms. The molecule has 1 aliphatic rings. The number of piperidine rings is 1. The average molecular weight is 484 g/mol. The van der Waals surface area contributed by atoms with Crippen LogP contribution in [0.2, 0.25) is 0 Å². The first-order valence-corrected chi connectivity index (χ1v) is 12.3. The van der Waals surface area contributed by atoms with Crippen molar-refractivity contribution in [1.29, 1.82) is 0 Å². The molecule has 5 nitrogen and oxygen atoms in total. The molecule has 4 aromatic rings. The minimum absolute atomic E-state index is 0.0220. The number of aryl methyl sites for hydroxylation is 1. The van der Waals surface area contributed by atoms with E-state index in [9.17, 15) is 9.18 Å². The quantitative estimate of drug-likeness (QED) is 0.374. The summed E-state index contributed by atoms with van der Waals surface area (Å²) < 4.78 is 20.6. The third-order valence-corrected chi connectivity index (χ3v) is 7.04. The smallest absolute Gasteiger partial charge is 0.261 e. The van der Waals surface area contributed by atoms with E-state index in [0.717, 1.165) is 60.6 Å². The van der Waals surface area contributed by atoms with Crippen molar-refractivity contribution in [2.45, 2.75) is 26.2 Å². The molecule has 1 aliphatic heterocycles. The van der Waals surface area contributed by atoms with Crippen LogP contribution >= 0.6 is 0 Å². The molecule has 6 heteroatoms. The van der Waals surface area contributed by atoms with Gasteiger partial charge in [0.15, 0.2) is 0 Å². The fourth-order valence-corrected chi connectivity index (χ4v) is 5.04. The predicted octanol–water partition coefficient (Wildman–Crippen LogP) is 5.29. The average Bonchev–Trinajstić information content (AvgIpc) is 2.91. The normalized spacial score (nSPS) is 14.2. The van der Waals surface area contributed by atoms with Crippen molar-refractivity contribution in [2.24, 2.45) is 0 Å². The highest BCUT2D eigenvalue weighted by Gasteiger charge is 2.20. The van der Waals surface area contributed by atoms with E-state index in [4.69, 9.17) is 4.74 Å². The Hall–Kier alpha value is -3.77. The van der Waals surface area contributed by atoms with Gasteiger partial charge in [0.05, 0.1) is 7.11 Å². The van der Waals surface area contributed by atoms with Gasteiger partial charge in [0, 0.05) is 37.1 Å². The van der Waals surface area contributed by atoms with Crippen LogP contribution in [0.15, 0.2) is 83.3 Å². The zero-order valence-electron chi connectivity index (χ0n) is 20.7. The molecule has 0 N–H and O–H groups in total. The van der Waals surface area contributed by atoms with E-state index in [1.807, 2.05) is 49.4 Å². The molecule has 1 fully saturated rings. The maximum absolute atomic E-state index is 13.6. The van der Waals surface area contributed by atoms with Crippen molar-refractivity contribution < 1.29 is 9.13 Å². The number of fused-ring (bicyclic) bond motifs is 1. The van der Waals surface area contributed by atoms with Crippen molar-refractivity contribution in [3.63, 3.8) is 0 Å². The first-order chi connectivity index (χ1) is 17.5. The summed E-state index contributed by atoms with van der Waals surface area (Å²) in [4.78, 5) is 20.0. The van der Waals surface area contributed by atoms with Crippen molar-refractivity contribution >= 4 is 11.2 Å². The molecular weight excluding hydrogens is 453 g/mol. The molecule has 0 bridgehead atoms. The zero-order valence-corrected chi connectivity index (χ0v) is 20.7. The minimum atomic E-state index is -0.234. The SMILES string of the molecule is COc1ccc(C(=C2CCN(CCc3c(C)nc4ccccn4c3=O)CC2)c2ccc(F)cc2)cc1. The molecule has 0 atom stereocenters. The van der Waals surface area contributed by atoms with E-state index in [-0.39, 0.29) is 11.4 Å². The summed E-state index contributed by atoms with van der Waals surface area (Å²) in [6.45, 7) is 4.57. The van der Waals surface area contributed by atoms with Crippen molar-refractivity contribution in [3.8, 4) is 5.75 Å². The third-order valence-electron chi connectivity index (χ3n) is 7.04. The van der Waals surface area contributed by atoms with Gasteiger partial charge in [-0.3, -0.25) is 9.20 Å². The molecule has 2 aromatic carbocycles. The lowest BCUT2D eigenvalue weighted by Gasteiger charge is -2.30. The Morgan fingerprint density at radius 3 is 2.31 bits per heavy atom. The predicted molar refractivity (Wildman–Crippen MR) is 141 cm³/mol. The second-order valence-corrected chi connectivity index (χ2v) is 9.22.